The molecule has 0 bridgehead atoms. The zero-order valence-corrected chi connectivity index (χ0v) is 16.6. The van der Waals surface area contributed by atoms with Crippen molar-refractivity contribution in [1.29, 1.82) is 0 Å². The number of amides is 2. The van der Waals surface area contributed by atoms with E-state index in [9.17, 15) is 9.59 Å². The van der Waals surface area contributed by atoms with Crippen LogP contribution in [0.1, 0.15) is 0 Å². The molecule has 7 heteroatoms. The Balaban J connectivity index is 1.54. The van der Waals surface area contributed by atoms with Gasteiger partial charge in [-0.25, -0.2) is 0 Å². The molecule has 28 heavy (non-hydrogen) atoms. The molecule has 1 aliphatic rings. The number of likely N-dealkylation sites (N-methyl/N-ethyl adjacent to an activating group) is 1. The standard InChI is InChI=1S/C21H27N5O2/c1-24(2)18-8-4-16(5-9-18)22-20(27)21(28)23-17-6-10-19(11-7-17)26-14-12-25(3)13-15-26/h4-11H,12-15H2,1-3H3,(H,22,27)(H,23,28). The summed E-state index contributed by atoms with van der Waals surface area (Å²) in [5, 5.41) is 5.26. The van der Waals surface area contributed by atoms with E-state index in [1.807, 2.05) is 55.4 Å². The lowest BCUT2D eigenvalue weighted by Gasteiger charge is -2.34. The van der Waals surface area contributed by atoms with Crippen LogP contribution in [-0.2, 0) is 9.59 Å². The summed E-state index contributed by atoms with van der Waals surface area (Å²) in [5.41, 5.74) is 3.32. The molecule has 0 radical (unpaired) electrons. The summed E-state index contributed by atoms with van der Waals surface area (Å²) in [7, 11) is 6.00. The molecular formula is C21H27N5O2. The van der Waals surface area contributed by atoms with Gasteiger partial charge in [-0.1, -0.05) is 0 Å². The van der Waals surface area contributed by atoms with E-state index in [0.717, 1.165) is 37.6 Å². The molecule has 2 amide bonds. The number of rotatable bonds is 4. The van der Waals surface area contributed by atoms with Gasteiger partial charge < -0.3 is 25.3 Å². The van der Waals surface area contributed by atoms with Gasteiger partial charge in [0.15, 0.2) is 0 Å². The van der Waals surface area contributed by atoms with Crippen LogP contribution in [0, 0.1) is 0 Å². The lowest BCUT2D eigenvalue weighted by atomic mass is 10.2. The quantitative estimate of drug-likeness (QED) is 0.794. The first-order chi connectivity index (χ1) is 13.4. The summed E-state index contributed by atoms with van der Waals surface area (Å²) in [5.74, 6) is -1.38. The number of nitrogens with one attached hydrogen (secondary N) is 2. The Morgan fingerprint density at radius 2 is 1.25 bits per heavy atom. The molecule has 1 heterocycles. The second-order valence-corrected chi connectivity index (χ2v) is 7.19. The molecule has 0 aliphatic carbocycles. The van der Waals surface area contributed by atoms with Gasteiger partial charge in [0, 0.05) is 63.0 Å². The largest absolute Gasteiger partial charge is 0.378 e. The Kier molecular flexibility index (Phi) is 6.16. The van der Waals surface area contributed by atoms with Crippen molar-refractivity contribution in [2.75, 3.05) is 67.8 Å². The first-order valence-electron chi connectivity index (χ1n) is 9.35. The molecule has 1 fully saturated rings. The first kappa shape index (κ1) is 19.7. The van der Waals surface area contributed by atoms with Gasteiger partial charge in [-0.05, 0) is 55.6 Å². The van der Waals surface area contributed by atoms with Crippen LogP contribution in [0.15, 0.2) is 48.5 Å². The Hall–Kier alpha value is -3.06. The van der Waals surface area contributed by atoms with Crippen LogP contribution >= 0.6 is 0 Å². The smallest absolute Gasteiger partial charge is 0.314 e. The normalized spacial score (nSPS) is 14.5. The first-order valence-corrected chi connectivity index (χ1v) is 9.35. The highest BCUT2D eigenvalue weighted by molar-refractivity contribution is 6.43. The Morgan fingerprint density at radius 1 is 0.786 bits per heavy atom. The van der Waals surface area contributed by atoms with Gasteiger partial charge >= 0.3 is 11.8 Å². The minimum atomic E-state index is -0.694. The maximum atomic E-state index is 12.2. The van der Waals surface area contributed by atoms with Crippen LogP contribution < -0.4 is 20.4 Å². The van der Waals surface area contributed by atoms with Crippen molar-refractivity contribution in [2.45, 2.75) is 0 Å². The molecule has 1 saturated heterocycles. The molecule has 148 valence electrons. The van der Waals surface area contributed by atoms with Crippen molar-refractivity contribution in [2.24, 2.45) is 0 Å². The summed E-state index contributed by atoms with van der Waals surface area (Å²) in [6.45, 7) is 4.04. The fourth-order valence-corrected chi connectivity index (χ4v) is 3.04. The average molecular weight is 381 g/mol. The number of hydrogen-bond acceptors (Lipinski definition) is 5. The van der Waals surface area contributed by atoms with Gasteiger partial charge in [0.1, 0.15) is 0 Å². The number of benzene rings is 2. The van der Waals surface area contributed by atoms with E-state index in [0.29, 0.717) is 11.4 Å². The van der Waals surface area contributed by atoms with Crippen LogP contribution in [0.5, 0.6) is 0 Å². The van der Waals surface area contributed by atoms with E-state index in [4.69, 9.17) is 0 Å². The van der Waals surface area contributed by atoms with Gasteiger partial charge in [-0.2, -0.15) is 0 Å². The van der Waals surface area contributed by atoms with Crippen LogP contribution in [0.3, 0.4) is 0 Å². The number of nitrogens with zero attached hydrogens (tertiary/aromatic N) is 3. The van der Waals surface area contributed by atoms with Crippen molar-refractivity contribution >= 4 is 34.6 Å². The van der Waals surface area contributed by atoms with Crippen LogP contribution in [0.2, 0.25) is 0 Å². The van der Waals surface area contributed by atoms with Crippen molar-refractivity contribution in [3.63, 3.8) is 0 Å². The SMILES string of the molecule is CN1CCN(c2ccc(NC(=O)C(=O)Nc3ccc(N(C)C)cc3)cc2)CC1. The maximum absolute atomic E-state index is 12.2. The van der Waals surface area contributed by atoms with E-state index in [1.165, 1.54) is 0 Å². The molecule has 1 aliphatic heterocycles. The highest BCUT2D eigenvalue weighted by atomic mass is 16.2. The van der Waals surface area contributed by atoms with Crippen molar-refractivity contribution in [3.05, 3.63) is 48.5 Å². The molecule has 2 aromatic rings. The lowest BCUT2D eigenvalue weighted by Crippen LogP contribution is -2.44. The number of hydrogen-bond donors (Lipinski definition) is 2. The number of carbonyl (C=O) groups excluding carboxylic acids is 2. The summed E-state index contributed by atoms with van der Waals surface area (Å²) in [6, 6.07) is 14.9. The number of piperazine rings is 1. The molecule has 2 aromatic carbocycles. The average Bonchev–Trinajstić information content (AvgIpc) is 2.69. The summed E-state index contributed by atoms with van der Waals surface area (Å²) in [4.78, 5) is 30.9. The third-order valence-corrected chi connectivity index (χ3v) is 4.84. The van der Waals surface area contributed by atoms with E-state index in [1.54, 1.807) is 12.1 Å². The van der Waals surface area contributed by atoms with E-state index in [-0.39, 0.29) is 0 Å². The summed E-state index contributed by atoms with van der Waals surface area (Å²) in [6.07, 6.45) is 0. The predicted octanol–water partition coefficient (Wildman–Crippen LogP) is 2.08. The number of anilines is 4. The van der Waals surface area contributed by atoms with Gasteiger partial charge in [0.05, 0.1) is 0 Å². The van der Waals surface area contributed by atoms with Crippen molar-refractivity contribution in [1.82, 2.24) is 4.90 Å². The third-order valence-electron chi connectivity index (χ3n) is 4.84. The van der Waals surface area contributed by atoms with E-state index < -0.39 is 11.8 Å². The molecule has 3 rings (SSSR count). The zero-order chi connectivity index (χ0) is 20.1. The second-order valence-electron chi connectivity index (χ2n) is 7.19. The fourth-order valence-electron chi connectivity index (χ4n) is 3.04. The summed E-state index contributed by atoms with van der Waals surface area (Å²) >= 11 is 0. The van der Waals surface area contributed by atoms with Crippen molar-refractivity contribution < 1.29 is 9.59 Å². The highest BCUT2D eigenvalue weighted by Gasteiger charge is 2.16. The molecule has 0 unspecified atom stereocenters. The molecule has 7 nitrogen and oxygen atoms in total. The van der Waals surface area contributed by atoms with E-state index in [2.05, 4.69) is 27.5 Å². The molecule has 0 saturated carbocycles. The zero-order valence-electron chi connectivity index (χ0n) is 16.6. The Bertz CT molecular complexity index is 810. The topological polar surface area (TPSA) is 67.9 Å². The monoisotopic (exact) mass is 381 g/mol. The minimum Gasteiger partial charge on any atom is -0.378 e. The fraction of sp³-hybridized carbons (Fsp3) is 0.333. The van der Waals surface area contributed by atoms with Crippen molar-refractivity contribution in [3.8, 4) is 0 Å². The van der Waals surface area contributed by atoms with Gasteiger partial charge in [-0.15, -0.1) is 0 Å². The van der Waals surface area contributed by atoms with Crippen LogP contribution in [0.25, 0.3) is 0 Å². The predicted molar refractivity (Wildman–Crippen MR) is 114 cm³/mol. The molecule has 0 aromatic heterocycles. The second kappa shape index (κ2) is 8.75. The molecule has 0 spiro atoms. The number of carbonyl (C=O) groups is 2. The Morgan fingerprint density at radius 3 is 1.71 bits per heavy atom. The molecular weight excluding hydrogens is 354 g/mol. The van der Waals surface area contributed by atoms with E-state index >= 15 is 0 Å². The van der Waals surface area contributed by atoms with Crippen LogP contribution in [-0.4, -0.2) is 64.0 Å². The molecule has 0 atom stereocenters. The van der Waals surface area contributed by atoms with Gasteiger partial charge in [-0.3, -0.25) is 9.59 Å². The lowest BCUT2D eigenvalue weighted by molar-refractivity contribution is -0.132. The third kappa shape index (κ3) is 5.01. The maximum Gasteiger partial charge on any atom is 0.314 e. The molecule has 2 N–H and O–H groups in total. The van der Waals surface area contributed by atoms with Crippen LogP contribution in [0.4, 0.5) is 22.7 Å². The van der Waals surface area contributed by atoms with Gasteiger partial charge in [0.2, 0.25) is 0 Å². The minimum absolute atomic E-state index is 0.580. The van der Waals surface area contributed by atoms with Gasteiger partial charge in [0.25, 0.3) is 0 Å². The summed E-state index contributed by atoms with van der Waals surface area (Å²) < 4.78 is 0. The Labute approximate surface area is 165 Å². The highest BCUT2D eigenvalue weighted by Crippen LogP contribution is 2.20.